The number of anilines is 1. The van der Waals surface area contributed by atoms with Crippen LogP contribution in [0.15, 0.2) is 47.4 Å². The number of benzene rings is 2. The van der Waals surface area contributed by atoms with Gasteiger partial charge in [-0.05, 0) is 36.4 Å². The van der Waals surface area contributed by atoms with Crippen LogP contribution >= 0.6 is 0 Å². The highest BCUT2D eigenvalue weighted by molar-refractivity contribution is 7.89. The molecule has 0 aliphatic heterocycles. The Hall–Kier alpha value is -3.11. The maximum absolute atomic E-state index is 12.3. The number of carbonyl (C=O) groups excluding carboxylic acids is 2. The Balaban J connectivity index is 2.14. The molecule has 9 nitrogen and oxygen atoms in total. The predicted molar refractivity (Wildman–Crippen MR) is 103 cm³/mol. The first kappa shape index (κ1) is 21.2. The molecule has 0 radical (unpaired) electrons. The zero-order chi connectivity index (χ0) is 20.9. The number of nitrogens with one attached hydrogen (secondary N) is 1. The first-order valence-corrected chi connectivity index (χ1v) is 9.52. The van der Waals surface area contributed by atoms with E-state index in [-0.39, 0.29) is 22.8 Å². The van der Waals surface area contributed by atoms with Gasteiger partial charge in [-0.15, -0.1) is 0 Å². The van der Waals surface area contributed by atoms with Gasteiger partial charge in [0.05, 0.1) is 17.7 Å². The van der Waals surface area contributed by atoms with Crippen molar-refractivity contribution in [3.05, 3.63) is 48.0 Å². The van der Waals surface area contributed by atoms with Crippen molar-refractivity contribution in [2.45, 2.75) is 4.90 Å². The van der Waals surface area contributed by atoms with Gasteiger partial charge >= 0.3 is 0 Å². The minimum atomic E-state index is -3.68. The third kappa shape index (κ3) is 4.99. The molecule has 0 fully saturated rings. The van der Waals surface area contributed by atoms with Gasteiger partial charge in [0, 0.05) is 19.7 Å². The Morgan fingerprint density at radius 2 is 1.86 bits per heavy atom. The van der Waals surface area contributed by atoms with Crippen molar-refractivity contribution in [1.82, 2.24) is 4.31 Å². The van der Waals surface area contributed by atoms with Gasteiger partial charge in [-0.3, -0.25) is 9.59 Å². The SMILES string of the molecule is COc1ccc(S(=O)(=O)N(C)C)cc1NC(=O)COc1cccc(C(N)=O)c1. The number of nitrogens with zero attached hydrogens (tertiary/aromatic N) is 1. The molecule has 0 saturated carbocycles. The number of primary amides is 1. The monoisotopic (exact) mass is 407 g/mol. The molecular weight excluding hydrogens is 386 g/mol. The molecule has 0 bridgehead atoms. The molecule has 0 aliphatic rings. The number of sulfonamides is 1. The van der Waals surface area contributed by atoms with Gasteiger partial charge in [-0.1, -0.05) is 6.07 Å². The van der Waals surface area contributed by atoms with E-state index in [9.17, 15) is 18.0 Å². The summed E-state index contributed by atoms with van der Waals surface area (Å²) in [4.78, 5) is 23.4. The third-order valence-electron chi connectivity index (χ3n) is 3.71. The topological polar surface area (TPSA) is 128 Å². The van der Waals surface area contributed by atoms with E-state index in [1.165, 1.54) is 51.5 Å². The predicted octanol–water partition coefficient (Wildman–Crippen LogP) is 1.06. The van der Waals surface area contributed by atoms with Gasteiger partial charge < -0.3 is 20.5 Å². The highest BCUT2D eigenvalue weighted by Gasteiger charge is 2.20. The summed E-state index contributed by atoms with van der Waals surface area (Å²) in [6.07, 6.45) is 0. The summed E-state index contributed by atoms with van der Waals surface area (Å²) >= 11 is 0. The van der Waals surface area contributed by atoms with Crippen molar-refractivity contribution < 1.29 is 27.5 Å². The molecule has 150 valence electrons. The second-order valence-electron chi connectivity index (χ2n) is 5.88. The molecule has 0 unspecified atom stereocenters. The van der Waals surface area contributed by atoms with Crippen LogP contribution in [-0.2, 0) is 14.8 Å². The zero-order valence-electron chi connectivity index (χ0n) is 15.6. The number of amides is 2. The molecule has 0 heterocycles. The summed E-state index contributed by atoms with van der Waals surface area (Å²) < 4.78 is 36.1. The Morgan fingerprint density at radius 1 is 1.14 bits per heavy atom. The lowest BCUT2D eigenvalue weighted by Crippen LogP contribution is -2.23. The van der Waals surface area contributed by atoms with Gasteiger partial charge in [0.1, 0.15) is 11.5 Å². The maximum Gasteiger partial charge on any atom is 0.262 e. The Kier molecular flexibility index (Phi) is 6.60. The lowest BCUT2D eigenvalue weighted by Gasteiger charge is -2.15. The first-order valence-electron chi connectivity index (χ1n) is 8.08. The number of nitrogens with two attached hydrogens (primary N) is 1. The van der Waals surface area contributed by atoms with Gasteiger partial charge in [-0.25, -0.2) is 12.7 Å². The van der Waals surface area contributed by atoms with Crippen molar-refractivity contribution >= 4 is 27.5 Å². The third-order valence-corrected chi connectivity index (χ3v) is 5.52. The molecule has 2 aromatic carbocycles. The first-order chi connectivity index (χ1) is 13.1. The van der Waals surface area contributed by atoms with Crippen molar-refractivity contribution in [3.63, 3.8) is 0 Å². The number of carbonyl (C=O) groups is 2. The minimum absolute atomic E-state index is 0.00341. The van der Waals surface area contributed by atoms with E-state index in [4.69, 9.17) is 15.2 Å². The largest absolute Gasteiger partial charge is 0.495 e. The normalized spacial score (nSPS) is 11.1. The quantitative estimate of drug-likeness (QED) is 0.673. The average molecular weight is 407 g/mol. The van der Waals surface area contributed by atoms with Crippen LogP contribution < -0.4 is 20.5 Å². The molecular formula is C18H21N3O6S. The lowest BCUT2D eigenvalue weighted by molar-refractivity contribution is -0.118. The van der Waals surface area contributed by atoms with Crippen LogP contribution in [0, 0.1) is 0 Å². The van der Waals surface area contributed by atoms with Crippen LogP contribution in [0.2, 0.25) is 0 Å². The van der Waals surface area contributed by atoms with E-state index >= 15 is 0 Å². The summed E-state index contributed by atoms with van der Waals surface area (Å²) in [5, 5.41) is 2.56. The molecule has 0 spiro atoms. The van der Waals surface area contributed by atoms with E-state index in [1.54, 1.807) is 12.1 Å². The summed E-state index contributed by atoms with van der Waals surface area (Å²) in [5.74, 6) is -0.565. The fraction of sp³-hybridized carbons (Fsp3) is 0.222. The number of methoxy groups -OCH3 is 1. The van der Waals surface area contributed by atoms with Crippen molar-refractivity contribution in [2.24, 2.45) is 5.73 Å². The van der Waals surface area contributed by atoms with E-state index in [1.807, 2.05) is 0 Å². The fourth-order valence-electron chi connectivity index (χ4n) is 2.23. The standard InChI is InChI=1S/C18H21N3O6S/c1-21(2)28(24,25)14-7-8-16(26-3)15(10-14)20-17(22)11-27-13-6-4-5-12(9-13)18(19)23/h4-10H,11H2,1-3H3,(H2,19,23)(H,20,22). The lowest BCUT2D eigenvalue weighted by atomic mass is 10.2. The van der Waals surface area contributed by atoms with Crippen LogP contribution in [0.25, 0.3) is 0 Å². The molecule has 2 rings (SSSR count). The number of hydrogen-bond acceptors (Lipinski definition) is 6. The van der Waals surface area contributed by atoms with Gasteiger partial charge in [-0.2, -0.15) is 0 Å². The molecule has 2 amide bonds. The highest BCUT2D eigenvalue weighted by Crippen LogP contribution is 2.28. The van der Waals surface area contributed by atoms with Gasteiger partial charge in [0.15, 0.2) is 6.61 Å². The molecule has 3 N–H and O–H groups in total. The number of rotatable bonds is 8. The van der Waals surface area contributed by atoms with Crippen LogP contribution in [0.4, 0.5) is 5.69 Å². The van der Waals surface area contributed by atoms with Gasteiger partial charge in [0.25, 0.3) is 5.91 Å². The second-order valence-corrected chi connectivity index (χ2v) is 8.03. The maximum atomic E-state index is 12.3. The van der Waals surface area contributed by atoms with Crippen LogP contribution in [0.1, 0.15) is 10.4 Å². The number of hydrogen-bond donors (Lipinski definition) is 2. The van der Waals surface area contributed by atoms with E-state index in [0.717, 1.165) is 4.31 Å². The molecule has 0 saturated heterocycles. The minimum Gasteiger partial charge on any atom is -0.495 e. The molecule has 0 atom stereocenters. The summed E-state index contributed by atoms with van der Waals surface area (Å²) in [5.41, 5.74) is 5.64. The molecule has 10 heteroatoms. The highest BCUT2D eigenvalue weighted by atomic mass is 32.2. The van der Waals surface area contributed by atoms with Crippen LogP contribution in [0.5, 0.6) is 11.5 Å². The fourth-order valence-corrected chi connectivity index (χ4v) is 3.16. The zero-order valence-corrected chi connectivity index (χ0v) is 16.4. The summed E-state index contributed by atoms with van der Waals surface area (Å²) in [7, 11) is 0.540. The van der Waals surface area contributed by atoms with Crippen molar-refractivity contribution in [2.75, 3.05) is 33.1 Å². The number of ether oxygens (including phenoxy) is 2. The van der Waals surface area contributed by atoms with Crippen LogP contribution in [-0.4, -0.2) is 52.3 Å². The van der Waals surface area contributed by atoms with E-state index < -0.39 is 21.8 Å². The average Bonchev–Trinajstić information content (AvgIpc) is 2.66. The smallest absolute Gasteiger partial charge is 0.262 e. The van der Waals surface area contributed by atoms with Crippen molar-refractivity contribution in [1.29, 1.82) is 0 Å². The van der Waals surface area contributed by atoms with E-state index in [2.05, 4.69) is 5.32 Å². The van der Waals surface area contributed by atoms with Crippen LogP contribution in [0.3, 0.4) is 0 Å². The molecule has 0 aliphatic carbocycles. The van der Waals surface area contributed by atoms with Crippen molar-refractivity contribution in [3.8, 4) is 11.5 Å². The molecule has 2 aromatic rings. The van der Waals surface area contributed by atoms with Gasteiger partial charge in [0.2, 0.25) is 15.9 Å². The Labute approximate surface area is 163 Å². The Bertz CT molecular complexity index is 989. The summed E-state index contributed by atoms with van der Waals surface area (Å²) in [6.45, 7) is -0.365. The molecule has 0 aromatic heterocycles. The van der Waals surface area contributed by atoms with E-state index in [0.29, 0.717) is 11.5 Å². The second kappa shape index (κ2) is 8.72. The molecule has 28 heavy (non-hydrogen) atoms. The Morgan fingerprint density at radius 3 is 2.46 bits per heavy atom. The summed E-state index contributed by atoms with van der Waals surface area (Å²) in [6, 6.07) is 10.2.